The van der Waals surface area contributed by atoms with Crippen LogP contribution in [0.1, 0.15) is 142 Å². The summed E-state index contributed by atoms with van der Waals surface area (Å²) in [5.74, 6) is 3.04. The fourth-order valence-corrected chi connectivity index (χ4v) is 5.00. The Kier molecular flexibility index (Phi) is 27.4. The number of halogens is 2. The SMILES string of the molecule is C#CC(I)[N+](C)(CCCCCCCCCCCC)CCCCCCCCCCCC.[Cl-]. The fraction of sp³-hybridized carbons (Fsp3) is 0.929. The molecule has 1 nitrogen and oxygen atoms in total. The molecule has 0 radical (unpaired) electrons. The predicted molar refractivity (Wildman–Crippen MR) is 146 cm³/mol. The Bertz CT molecular complexity index is 369. The highest BCUT2D eigenvalue weighted by atomic mass is 127. The van der Waals surface area contributed by atoms with Crippen molar-refractivity contribution in [2.75, 3.05) is 20.1 Å². The minimum absolute atomic E-state index is 0. The van der Waals surface area contributed by atoms with Gasteiger partial charge in [-0.2, -0.15) is 0 Å². The van der Waals surface area contributed by atoms with Gasteiger partial charge in [0.15, 0.2) is 4.05 Å². The first-order valence-corrected chi connectivity index (χ1v) is 14.8. The highest BCUT2D eigenvalue weighted by Gasteiger charge is 2.27. The maximum Gasteiger partial charge on any atom is 0.200 e. The number of hydrogen-bond acceptors (Lipinski definition) is 0. The van der Waals surface area contributed by atoms with E-state index in [1.807, 2.05) is 0 Å². The standard InChI is InChI=1S/C28H55IN.ClH/c1-5-8-10-12-14-16-18-20-22-24-26-30(4,28(29)7-3)27-25-23-21-19-17-15-13-11-9-6-2;/h3,28H,5-6,8-27H2,1-2,4H3;1H/q+1;/p-1. The van der Waals surface area contributed by atoms with E-state index in [1.54, 1.807) is 0 Å². The highest BCUT2D eigenvalue weighted by Crippen LogP contribution is 2.21. The van der Waals surface area contributed by atoms with Crippen LogP contribution in [0.25, 0.3) is 0 Å². The first-order valence-electron chi connectivity index (χ1n) is 13.5. The van der Waals surface area contributed by atoms with Crippen molar-refractivity contribution in [1.29, 1.82) is 0 Å². The van der Waals surface area contributed by atoms with Crippen LogP contribution in [-0.4, -0.2) is 28.7 Å². The van der Waals surface area contributed by atoms with E-state index >= 15 is 0 Å². The third-order valence-electron chi connectivity index (χ3n) is 6.73. The zero-order chi connectivity index (χ0) is 22.3. The third kappa shape index (κ3) is 20.9. The molecule has 0 spiro atoms. The topological polar surface area (TPSA) is 0 Å². The predicted octanol–water partition coefficient (Wildman–Crippen LogP) is 6.67. The van der Waals surface area contributed by atoms with Gasteiger partial charge in [-0.05, 0) is 31.6 Å². The van der Waals surface area contributed by atoms with Crippen LogP contribution in [0.4, 0.5) is 0 Å². The van der Waals surface area contributed by atoms with Crippen LogP contribution in [-0.2, 0) is 0 Å². The first kappa shape index (κ1) is 33.7. The second-order valence-corrected chi connectivity index (χ2v) is 11.0. The summed E-state index contributed by atoms with van der Waals surface area (Å²) in [7, 11) is 2.40. The molecule has 0 saturated carbocycles. The molecule has 0 aliphatic carbocycles. The van der Waals surface area contributed by atoms with Gasteiger partial charge in [-0.3, -0.25) is 0 Å². The average Bonchev–Trinajstić information content (AvgIpc) is 2.75. The molecule has 0 N–H and O–H groups in total. The Morgan fingerprint density at radius 1 is 0.581 bits per heavy atom. The summed E-state index contributed by atoms with van der Waals surface area (Å²) >= 11 is 2.50. The molecule has 0 aromatic rings. The molecule has 1 unspecified atom stereocenters. The molecule has 0 aromatic carbocycles. The van der Waals surface area contributed by atoms with Gasteiger partial charge in [0.25, 0.3) is 0 Å². The van der Waals surface area contributed by atoms with Gasteiger partial charge in [0.2, 0.25) is 0 Å². The molecule has 0 amide bonds. The van der Waals surface area contributed by atoms with Gasteiger partial charge >= 0.3 is 0 Å². The molecule has 0 aromatic heterocycles. The number of alkyl halides is 1. The van der Waals surface area contributed by atoms with E-state index < -0.39 is 0 Å². The number of rotatable bonds is 23. The number of unbranched alkanes of at least 4 members (excludes halogenated alkanes) is 18. The fourth-order valence-electron chi connectivity index (χ4n) is 4.44. The lowest BCUT2D eigenvalue weighted by Gasteiger charge is -2.37. The minimum atomic E-state index is 0. The molecule has 31 heavy (non-hydrogen) atoms. The summed E-state index contributed by atoms with van der Waals surface area (Å²) in [5.41, 5.74) is 0. The Morgan fingerprint density at radius 3 is 1.10 bits per heavy atom. The van der Waals surface area contributed by atoms with Crippen molar-refractivity contribution in [3.8, 4) is 12.3 Å². The summed E-state index contributed by atoms with van der Waals surface area (Å²) in [5, 5.41) is 0. The summed E-state index contributed by atoms with van der Waals surface area (Å²) in [4.78, 5) is 0. The molecule has 0 rings (SSSR count). The van der Waals surface area contributed by atoms with Crippen LogP contribution in [0.3, 0.4) is 0 Å². The minimum Gasteiger partial charge on any atom is -1.00 e. The maximum atomic E-state index is 5.82. The molecular formula is C28H55ClIN. The third-order valence-corrected chi connectivity index (χ3v) is 8.43. The molecule has 0 aliphatic rings. The van der Waals surface area contributed by atoms with E-state index in [-0.39, 0.29) is 12.4 Å². The molecule has 0 fully saturated rings. The largest absolute Gasteiger partial charge is 1.00 e. The van der Waals surface area contributed by atoms with Crippen LogP contribution < -0.4 is 12.4 Å². The van der Waals surface area contributed by atoms with Crippen LogP contribution >= 0.6 is 22.6 Å². The molecule has 3 heteroatoms. The normalized spacial score (nSPS) is 12.4. The lowest BCUT2D eigenvalue weighted by Crippen LogP contribution is -3.00. The second-order valence-electron chi connectivity index (χ2n) is 9.79. The average molecular weight is 568 g/mol. The summed E-state index contributed by atoms with van der Waals surface area (Å²) in [6, 6.07) is 0. The van der Waals surface area contributed by atoms with Crippen molar-refractivity contribution in [3.05, 3.63) is 0 Å². The smallest absolute Gasteiger partial charge is 0.200 e. The monoisotopic (exact) mass is 567 g/mol. The summed E-state index contributed by atoms with van der Waals surface area (Å²) in [6.45, 7) is 7.10. The van der Waals surface area contributed by atoms with Crippen molar-refractivity contribution in [2.24, 2.45) is 0 Å². The van der Waals surface area contributed by atoms with E-state index in [1.165, 1.54) is 142 Å². The van der Waals surface area contributed by atoms with Crippen molar-refractivity contribution in [2.45, 2.75) is 146 Å². The molecule has 1 atom stereocenters. The van der Waals surface area contributed by atoms with E-state index in [9.17, 15) is 0 Å². The number of quaternary nitrogens is 1. The quantitative estimate of drug-likeness (QED) is 0.0323. The zero-order valence-electron chi connectivity index (χ0n) is 21.4. The molecule has 0 saturated heterocycles. The number of nitrogens with zero attached hydrogens (tertiary/aromatic N) is 1. The Hall–Kier alpha value is 0.540. The van der Waals surface area contributed by atoms with Crippen LogP contribution in [0, 0.1) is 12.3 Å². The lowest BCUT2D eigenvalue weighted by molar-refractivity contribution is -0.908. The molecular weight excluding hydrogens is 513 g/mol. The van der Waals surface area contributed by atoms with Crippen LogP contribution in [0.5, 0.6) is 0 Å². The Morgan fingerprint density at radius 2 is 0.839 bits per heavy atom. The summed E-state index contributed by atoms with van der Waals surface area (Å²) < 4.78 is 1.39. The van der Waals surface area contributed by atoms with Gasteiger partial charge in [0.05, 0.1) is 20.1 Å². The molecule has 0 aliphatic heterocycles. The van der Waals surface area contributed by atoms with E-state index in [0.717, 1.165) is 4.48 Å². The van der Waals surface area contributed by atoms with Gasteiger partial charge in [0, 0.05) is 22.6 Å². The van der Waals surface area contributed by atoms with Gasteiger partial charge in [-0.15, -0.1) is 6.42 Å². The highest BCUT2D eigenvalue weighted by molar-refractivity contribution is 14.1. The van der Waals surface area contributed by atoms with Crippen molar-refractivity contribution >= 4 is 22.6 Å². The Labute approximate surface area is 217 Å². The van der Waals surface area contributed by atoms with E-state index in [2.05, 4.69) is 49.4 Å². The van der Waals surface area contributed by atoms with Gasteiger partial charge in [-0.1, -0.05) is 117 Å². The maximum absolute atomic E-state index is 5.82. The van der Waals surface area contributed by atoms with E-state index in [4.69, 9.17) is 6.42 Å². The molecule has 0 heterocycles. The van der Waals surface area contributed by atoms with Crippen LogP contribution in [0.2, 0.25) is 0 Å². The lowest BCUT2D eigenvalue weighted by atomic mass is 10.1. The van der Waals surface area contributed by atoms with Gasteiger partial charge in [0.1, 0.15) is 0 Å². The van der Waals surface area contributed by atoms with Crippen molar-refractivity contribution in [1.82, 2.24) is 0 Å². The van der Waals surface area contributed by atoms with Crippen molar-refractivity contribution in [3.63, 3.8) is 0 Å². The Balaban J connectivity index is 0. The number of terminal acetylenes is 1. The number of hydrogen-bond donors (Lipinski definition) is 0. The van der Waals surface area contributed by atoms with Crippen molar-refractivity contribution < 1.29 is 16.9 Å². The molecule has 0 bridgehead atoms. The first-order chi connectivity index (χ1) is 14.6. The van der Waals surface area contributed by atoms with Gasteiger partial charge < -0.3 is 16.9 Å². The van der Waals surface area contributed by atoms with E-state index in [0.29, 0.717) is 4.05 Å². The molecule has 186 valence electrons. The van der Waals surface area contributed by atoms with Crippen LogP contribution in [0.15, 0.2) is 0 Å². The summed E-state index contributed by atoms with van der Waals surface area (Å²) in [6.07, 6.45) is 34.0. The second kappa shape index (κ2) is 25.2. The van der Waals surface area contributed by atoms with Gasteiger partial charge in [-0.25, -0.2) is 0 Å². The zero-order valence-corrected chi connectivity index (χ0v) is 24.3.